The van der Waals surface area contributed by atoms with Crippen LogP contribution in [0, 0.1) is 5.82 Å². The van der Waals surface area contributed by atoms with E-state index in [2.05, 4.69) is 5.32 Å². The zero-order chi connectivity index (χ0) is 19.8. The van der Waals surface area contributed by atoms with Crippen molar-refractivity contribution in [3.05, 3.63) is 70.5 Å². The highest BCUT2D eigenvalue weighted by atomic mass is 35.5. The van der Waals surface area contributed by atoms with Crippen LogP contribution in [0.3, 0.4) is 0 Å². The van der Waals surface area contributed by atoms with Crippen LogP contribution in [0.15, 0.2) is 48.5 Å². The molecule has 2 rings (SSSR count). The fraction of sp³-hybridized carbons (Fsp3) is 0.333. The predicted molar refractivity (Wildman–Crippen MR) is 105 cm³/mol. The molecule has 0 aliphatic heterocycles. The standard InChI is InChI=1S/C21H24ClFN2O2/c1-3-12-24-21(27)15(2)25(14-16-8-10-18(22)11-9-16)20(26)13-17-6-4-5-7-19(17)23/h4-11,15H,3,12-14H2,1-2H3,(H,24,27)/t15-/m0/s1. The molecule has 0 aromatic heterocycles. The van der Waals surface area contributed by atoms with Gasteiger partial charge in [0, 0.05) is 18.1 Å². The van der Waals surface area contributed by atoms with Gasteiger partial charge in [0.25, 0.3) is 0 Å². The van der Waals surface area contributed by atoms with E-state index in [4.69, 9.17) is 11.6 Å². The van der Waals surface area contributed by atoms with Crippen molar-refractivity contribution in [2.75, 3.05) is 6.54 Å². The summed E-state index contributed by atoms with van der Waals surface area (Å²) in [6.07, 6.45) is 0.699. The van der Waals surface area contributed by atoms with Crippen LogP contribution in [-0.4, -0.2) is 29.3 Å². The van der Waals surface area contributed by atoms with Gasteiger partial charge < -0.3 is 10.2 Å². The van der Waals surface area contributed by atoms with E-state index in [1.165, 1.54) is 11.0 Å². The lowest BCUT2D eigenvalue weighted by Crippen LogP contribution is -2.48. The molecule has 0 saturated heterocycles. The van der Waals surface area contributed by atoms with Gasteiger partial charge in [0.05, 0.1) is 6.42 Å². The molecule has 0 heterocycles. The first kappa shape index (κ1) is 20.9. The number of amides is 2. The number of carbonyl (C=O) groups excluding carboxylic acids is 2. The zero-order valence-electron chi connectivity index (χ0n) is 15.5. The maximum absolute atomic E-state index is 13.9. The molecule has 4 nitrogen and oxygen atoms in total. The van der Waals surface area contributed by atoms with Gasteiger partial charge in [-0.2, -0.15) is 0 Å². The Hall–Kier alpha value is -2.40. The van der Waals surface area contributed by atoms with Crippen molar-refractivity contribution in [2.24, 2.45) is 0 Å². The van der Waals surface area contributed by atoms with Gasteiger partial charge in [-0.3, -0.25) is 9.59 Å². The molecule has 2 aromatic rings. The molecule has 0 aliphatic carbocycles. The molecule has 0 unspecified atom stereocenters. The fourth-order valence-corrected chi connectivity index (χ4v) is 2.80. The molecule has 27 heavy (non-hydrogen) atoms. The molecule has 144 valence electrons. The first-order chi connectivity index (χ1) is 12.9. The lowest BCUT2D eigenvalue weighted by atomic mass is 10.1. The van der Waals surface area contributed by atoms with Gasteiger partial charge in [0.15, 0.2) is 0 Å². The zero-order valence-corrected chi connectivity index (χ0v) is 16.3. The molecule has 2 aromatic carbocycles. The van der Waals surface area contributed by atoms with E-state index < -0.39 is 11.9 Å². The third-order valence-corrected chi connectivity index (χ3v) is 4.53. The van der Waals surface area contributed by atoms with Crippen LogP contribution >= 0.6 is 11.6 Å². The number of benzene rings is 2. The summed E-state index contributed by atoms with van der Waals surface area (Å²) < 4.78 is 13.9. The minimum Gasteiger partial charge on any atom is -0.354 e. The van der Waals surface area contributed by atoms with E-state index in [-0.39, 0.29) is 24.8 Å². The normalized spacial score (nSPS) is 11.7. The molecule has 0 saturated carbocycles. The van der Waals surface area contributed by atoms with Crippen molar-refractivity contribution in [2.45, 2.75) is 39.3 Å². The molecule has 6 heteroatoms. The van der Waals surface area contributed by atoms with Crippen molar-refractivity contribution in [1.82, 2.24) is 10.2 Å². The summed E-state index contributed by atoms with van der Waals surface area (Å²) >= 11 is 5.92. The molecular formula is C21H24ClFN2O2. The van der Waals surface area contributed by atoms with Gasteiger partial charge in [0.1, 0.15) is 11.9 Å². The number of rotatable bonds is 8. The first-order valence-corrected chi connectivity index (χ1v) is 9.35. The van der Waals surface area contributed by atoms with E-state index in [1.807, 2.05) is 19.1 Å². The van der Waals surface area contributed by atoms with Crippen LogP contribution in [0.5, 0.6) is 0 Å². The summed E-state index contributed by atoms with van der Waals surface area (Å²) in [6, 6.07) is 12.6. The Balaban J connectivity index is 2.21. The summed E-state index contributed by atoms with van der Waals surface area (Å²) in [5.74, 6) is -0.970. The van der Waals surface area contributed by atoms with Crippen LogP contribution in [0.2, 0.25) is 5.02 Å². The average Bonchev–Trinajstić information content (AvgIpc) is 2.66. The number of hydrogen-bond acceptors (Lipinski definition) is 2. The average molecular weight is 391 g/mol. The third kappa shape index (κ3) is 6.07. The number of carbonyl (C=O) groups is 2. The maximum atomic E-state index is 13.9. The number of nitrogens with zero attached hydrogens (tertiary/aromatic N) is 1. The van der Waals surface area contributed by atoms with E-state index in [1.54, 1.807) is 37.3 Å². The number of hydrogen-bond donors (Lipinski definition) is 1. The van der Waals surface area contributed by atoms with Gasteiger partial charge in [-0.1, -0.05) is 48.9 Å². The van der Waals surface area contributed by atoms with Crippen molar-refractivity contribution in [3.8, 4) is 0 Å². The summed E-state index contributed by atoms with van der Waals surface area (Å²) in [7, 11) is 0. The second-order valence-corrected chi connectivity index (χ2v) is 6.82. The SMILES string of the molecule is CCCNC(=O)[C@H](C)N(Cc1ccc(Cl)cc1)C(=O)Cc1ccccc1F. The number of nitrogens with one attached hydrogen (secondary N) is 1. The summed E-state index contributed by atoms with van der Waals surface area (Å²) in [6.45, 7) is 4.42. The molecule has 2 amide bonds. The van der Waals surface area contributed by atoms with Crippen molar-refractivity contribution < 1.29 is 14.0 Å². The minimum absolute atomic E-state index is 0.105. The Kier molecular flexibility index (Phi) is 7.80. The molecule has 0 fully saturated rings. The Morgan fingerprint density at radius 1 is 1.15 bits per heavy atom. The van der Waals surface area contributed by atoms with Crippen molar-refractivity contribution in [3.63, 3.8) is 0 Å². The highest BCUT2D eigenvalue weighted by molar-refractivity contribution is 6.30. The van der Waals surface area contributed by atoms with Crippen LogP contribution in [-0.2, 0) is 22.6 Å². The Morgan fingerprint density at radius 2 is 1.81 bits per heavy atom. The number of halogens is 2. The second-order valence-electron chi connectivity index (χ2n) is 6.38. The Bertz CT molecular complexity index is 780. The van der Waals surface area contributed by atoms with E-state index in [0.29, 0.717) is 17.1 Å². The smallest absolute Gasteiger partial charge is 0.242 e. The molecular weight excluding hydrogens is 367 g/mol. The van der Waals surface area contributed by atoms with Crippen molar-refractivity contribution in [1.29, 1.82) is 0 Å². The first-order valence-electron chi connectivity index (χ1n) is 8.97. The van der Waals surface area contributed by atoms with Crippen LogP contribution < -0.4 is 5.32 Å². The highest BCUT2D eigenvalue weighted by Gasteiger charge is 2.26. The third-order valence-electron chi connectivity index (χ3n) is 4.28. The van der Waals surface area contributed by atoms with E-state index in [9.17, 15) is 14.0 Å². The quantitative estimate of drug-likeness (QED) is 0.741. The summed E-state index contributed by atoms with van der Waals surface area (Å²) in [5, 5.41) is 3.40. The van der Waals surface area contributed by atoms with Gasteiger partial charge in [-0.15, -0.1) is 0 Å². The summed E-state index contributed by atoms with van der Waals surface area (Å²) in [4.78, 5) is 26.8. The van der Waals surface area contributed by atoms with Crippen molar-refractivity contribution >= 4 is 23.4 Å². The second kappa shape index (κ2) is 10.1. The molecule has 0 spiro atoms. The van der Waals surface area contributed by atoms with Crippen LogP contribution in [0.4, 0.5) is 4.39 Å². The predicted octanol–water partition coefficient (Wildman–Crippen LogP) is 3.97. The van der Waals surface area contributed by atoms with Crippen LogP contribution in [0.25, 0.3) is 0 Å². The van der Waals surface area contributed by atoms with Gasteiger partial charge >= 0.3 is 0 Å². The summed E-state index contributed by atoms with van der Waals surface area (Å²) in [5.41, 5.74) is 1.15. The largest absolute Gasteiger partial charge is 0.354 e. The molecule has 1 atom stereocenters. The monoisotopic (exact) mass is 390 g/mol. The van der Waals surface area contributed by atoms with E-state index >= 15 is 0 Å². The highest BCUT2D eigenvalue weighted by Crippen LogP contribution is 2.16. The Labute approximate surface area is 164 Å². The minimum atomic E-state index is -0.675. The van der Waals surface area contributed by atoms with E-state index in [0.717, 1.165) is 12.0 Å². The lowest BCUT2D eigenvalue weighted by Gasteiger charge is -2.29. The molecule has 0 aliphatic rings. The van der Waals surface area contributed by atoms with Gasteiger partial charge in [0.2, 0.25) is 11.8 Å². The Morgan fingerprint density at radius 3 is 2.44 bits per heavy atom. The van der Waals surface area contributed by atoms with Crippen LogP contribution in [0.1, 0.15) is 31.4 Å². The fourth-order valence-electron chi connectivity index (χ4n) is 2.67. The molecule has 1 N–H and O–H groups in total. The molecule has 0 bridgehead atoms. The van der Waals surface area contributed by atoms with Gasteiger partial charge in [-0.25, -0.2) is 4.39 Å². The lowest BCUT2D eigenvalue weighted by molar-refractivity contribution is -0.140. The molecule has 0 radical (unpaired) electrons. The maximum Gasteiger partial charge on any atom is 0.242 e. The topological polar surface area (TPSA) is 49.4 Å². The van der Waals surface area contributed by atoms with Gasteiger partial charge in [-0.05, 0) is 42.7 Å².